The van der Waals surface area contributed by atoms with E-state index in [0.717, 1.165) is 18.8 Å². The highest BCUT2D eigenvalue weighted by molar-refractivity contribution is 5.33. The quantitative estimate of drug-likeness (QED) is 0.697. The van der Waals surface area contributed by atoms with Crippen LogP contribution >= 0.6 is 0 Å². The monoisotopic (exact) mass is 264 g/mol. The Balaban J connectivity index is 2.58. The zero-order chi connectivity index (χ0) is 14.1. The lowest BCUT2D eigenvalue weighted by Crippen LogP contribution is -2.37. The van der Waals surface area contributed by atoms with E-state index in [4.69, 9.17) is 10.5 Å². The van der Waals surface area contributed by atoms with Gasteiger partial charge in [-0.05, 0) is 19.5 Å². The largest absolute Gasteiger partial charge is 0.496 e. The lowest BCUT2D eigenvalue weighted by atomic mass is 10.1. The maximum absolute atomic E-state index is 5.91. The van der Waals surface area contributed by atoms with Crippen LogP contribution in [-0.4, -0.2) is 31.6 Å². The smallest absolute Gasteiger partial charge is 0.123 e. The maximum Gasteiger partial charge on any atom is 0.123 e. The van der Waals surface area contributed by atoms with Crippen LogP contribution in [-0.2, 0) is 6.54 Å². The SMILES string of the molecule is CCCCCC(CN)N(C)Cc1ccccc1OC. The van der Waals surface area contributed by atoms with Crippen molar-refractivity contribution in [2.75, 3.05) is 20.7 Å². The Hall–Kier alpha value is -1.06. The van der Waals surface area contributed by atoms with Crippen molar-refractivity contribution in [3.05, 3.63) is 29.8 Å². The molecule has 19 heavy (non-hydrogen) atoms. The number of unbranched alkanes of at least 4 members (excludes halogenated alkanes) is 2. The first kappa shape index (κ1) is 16.0. The van der Waals surface area contributed by atoms with E-state index < -0.39 is 0 Å². The van der Waals surface area contributed by atoms with Gasteiger partial charge in [-0.1, -0.05) is 44.4 Å². The van der Waals surface area contributed by atoms with Crippen LogP contribution in [0.1, 0.15) is 38.2 Å². The van der Waals surface area contributed by atoms with Gasteiger partial charge in [0, 0.05) is 24.7 Å². The second-order valence-electron chi connectivity index (χ2n) is 5.11. The van der Waals surface area contributed by atoms with Gasteiger partial charge in [-0.15, -0.1) is 0 Å². The molecule has 2 N–H and O–H groups in total. The molecule has 108 valence electrons. The van der Waals surface area contributed by atoms with Crippen molar-refractivity contribution in [2.24, 2.45) is 5.73 Å². The van der Waals surface area contributed by atoms with Crippen LogP contribution in [0.3, 0.4) is 0 Å². The van der Waals surface area contributed by atoms with Crippen LogP contribution in [0.15, 0.2) is 24.3 Å². The number of hydrogen-bond acceptors (Lipinski definition) is 3. The molecule has 1 unspecified atom stereocenters. The van der Waals surface area contributed by atoms with Gasteiger partial charge in [0.2, 0.25) is 0 Å². The predicted octanol–water partition coefficient (Wildman–Crippen LogP) is 3.03. The van der Waals surface area contributed by atoms with Gasteiger partial charge in [0.15, 0.2) is 0 Å². The predicted molar refractivity (Wildman–Crippen MR) is 81.4 cm³/mol. The molecule has 0 saturated carbocycles. The van der Waals surface area contributed by atoms with Crippen LogP contribution in [0.25, 0.3) is 0 Å². The summed E-state index contributed by atoms with van der Waals surface area (Å²) in [4.78, 5) is 2.34. The highest BCUT2D eigenvalue weighted by Crippen LogP contribution is 2.20. The lowest BCUT2D eigenvalue weighted by molar-refractivity contribution is 0.220. The van der Waals surface area contributed by atoms with Crippen molar-refractivity contribution in [3.63, 3.8) is 0 Å². The van der Waals surface area contributed by atoms with E-state index in [0.29, 0.717) is 6.04 Å². The van der Waals surface area contributed by atoms with Crippen LogP contribution in [0.5, 0.6) is 5.75 Å². The number of nitrogens with two attached hydrogens (primary N) is 1. The third-order valence-electron chi connectivity index (χ3n) is 3.65. The summed E-state index contributed by atoms with van der Waals surface area (Å²) in [6.45, 7) is 3.84. The summed E-state index contributed by atoms with van der Waals surface area (Å²) < 4.78 is 5.40. The molecular weight excluding hydrogens is 236 g/mol. The van der Waals surface area contributed by atoms with Gasteiger partial charge < -0.3 is 10.5 Å². The minimum absolute atomic E-state index is 0.455. The Morgan fingerprint density at radius 3 is 2.63 bits per heavy atom. The average Bonchev–Trinajstić information content (AvgIpc) is 2.44. The molecule has 0 bridgehead atoms. The first-order valence-corrected chi connectivity index (χ1v) is 7.25. The van der Waals surface area contributed by atoms with Gasteiger partial charge in [-0.3, -0.25) is 4.90 Å². The second kappa shape index (κ2) is 8.94. The fourth-order valence-electron chi connectivity index (χ4n) is 2.38. The summed E-state index contributed by atoms with van der Waals surface area (Å²) in [6.07, 6.45) is 4.98. The summed E-state index contributed by atoms with van der Waals surface area (Å²) in [7, 11) is 3.87. The highest BCUT2D eigenvalue weighted by Gasteiger charge is 2.14. The fourth-order valence-corrected chi connectivity index (χ4v) is 2.38. The minimum atomic E-state index is 0.455. The highest BCUT2D eigenvalue weighted by atomic mass is 16.5. The minimum Gasteiger partial charge on any atom is -0.496 e. The van der Waals surface area contributed by atoms with Crippen molar-refractivity contribution < 1.29 is 4.74 Å². The molecule has 1 atom stereocenters. The van der Waals surface area contributed by atoms with E-state index in [-0.39, 0.29) is 0 Å². The summed E-state index contributed by atoms with van der Waals surface area (Å²) in [5.74, 6) is 0.957. The van der Waals surface area contributed by atoms with E-state index in [1.807, 2.05) is 12.1 Å². The van der Waals surface area contributed by atoms with Crippen LogP contribution < -0.4 is 10.5 Å². The molecule has 0 aliphatic rings. The molecule has 1 aromatic rings. The summed E-state index contributed by atoms with van der Waals surface area (Å²) in [5.41, 5.74) is 7.13. The third-order valence-corrected chi connectivity index (χ3v) is 3.65. The van der Waals surface area contributed by atoms with Gasteiger partial charge in [-0.2, -0.15) is 0 Å². The van der Waals surface area contributed by atoms with Crippen molar-refractivity contribution in [1.29, 1.82) is 0 Å². The molecule has 0 fully saturated rings. The van der Waals surface area contributed by atoms with Crippen molar-refractivity contribution in [1.82, 2.24) is 4.90 Å². The molecule has 0 radical (unpaired) electrons. The Morgan fingerprint density at radius 1 is 1.26 bits per heavy atom. The van der Waals surface area contributed by atoms with Gasteiger partial charge in [-0.25, -0.2) is 0 Å². The number of rotatable bonds is 9. The van der Waals surface area contributed by atoms with E-state index in [1.165, 1.54) is 31.2 Å². The lowest BCUT2D eigenvalue weighted by Gasteiger charge is -2.27. The fraction of sp³-hybridized carbons (Fsp3) is 0.625. The molecule has 0 amide bonds. The zero-order valence-electron chi connectivity index (χ0n) is 12.6. The Bertz CT molecular complexity index is 354. The van der Waals surface area contributed by atoms with E-state index in [9.17, 15) is 0 Å². The Labute approximate surface area is 117 Å². The van der Waals surface area contributed by atoms with E-state index in [1.54, 1.807) is 7.11 Å². The van der Waals surface area contributed by atoms with Crippen LogP contribution in [0, 0.1) is 0 Å². The molecule has 0 heterocycles. The normalized spacial score (nSPS) is 12.7. The summed E-state index contributed by atoms with van der Waals surface area (Å²) in [6, 6.07) is 8.65. The number of methoxy groups -OCH3 is 1. The first-order valence-electron chi connectivity index (χ1n) is 7.25. The number of nitrogens with zero attached hydrogens (tertiary/aromatic N) is 1. The Kier molecular flexibility index (Phi) is 7.53. The molecule has 1 rings (SSSR count). The number of para-hydroxylation sites is 1. The Morgan fingerprint density at radius 2 is 2.00 bits per heavy atom. The summed E-state index contributed by atoms with van der Waals surface area (Å²) in [5, 5.41) is 0. The average molecular weight is 264 g/mol. The second-order valence-corrected chi connectivity index (χ2v) is 5.11. The number of ether oxygens (including phenoxy) is 1. The molecule has 3 heteroatoms. The van der Waals surface area contributed by atoms with E-state index >= 15 is 0 Å². The number of likely N-dealkylation sites (N-methyl/N-ethyl adjacent to an activating group) is 1. The van der Waals surface area contributed by atoms with Crippen molar-refractivity contribution in [2.45, 2.75) is 45.2 Å². The van der Waals surface area contributed by atoms with Crippen LogP contribution in [0.2, 0.25) is 0 Å². The molecule has 0 aliphatic heterocycles. The van der Waals surface area contributed by atoms with Gasteiger partial charge in [0.1, 0.15) is 5.75 Å². The molecule has 0 spiro atoms. The zero-order valence-corrected chi connectivity index (χ0v) is 12.6. The van der Waals surface area contributed by atoms with E-state index in [2.05, 4.69) is 31.0 Å². The molecule has 0 aromatic heterocycles. The molecule has 0 aliphatic carbocycles. The van der Waals surface area contributed by atoms with Crippen molar-refractivity contribution in [3.8, 4) is 5.75 Å². The topological polar surface area (TPSA) is 38.5 Å². The molecule has 3 nitrogen and oxygen atoms in total. The van der Waals surface area contributed by atoms with Gasteiger partial charge >= 0.3 is 0 Å². The molecular formula is C16H28N2O. The van der Waals surface area contributed by atoms with Gasteiger partial charge in [0.25, 0.3) is 0 Å². The number of hydrogen-bond donors (Lipinski definition) is 1. The van der Waals surface area contributed by atoms with Gasteiger partial charge in [0.05, 0.1) is 7.11 Å². The standard InChI is InChI=1S/C16H28N2O/c1-4-5-6-10-15(12-17)18(2)13-14-9-7-8-11-16(14)19-3/h7-9,11,15H,4-6,10,12-13,17H2,1-3H3. The number of benzene rings is 1. The summed E-state index contributed by atoms with van der Waals surface area (Å²) >= 11 is 0. The molecule has 1 aromatic carbocycles. The van der Waals surface area contributed by atoms with Crippen LogP contribution in [0.4, 0.5) is 0 Å². The first-order chi connectivity index (χ1) is 9.22. The molecule has 0 saturated heterocycles. The third kappa shape index (κ3) is 5.21. The maximum atomic E-state index is 5.91. The van der Waals surface area contributed by atoms with Crippen molar-refractivity contribution >= 4 is 0 Å².